The molecule has 0 fully saturated rings. The summed E-state index contributed by atoms with van der Waals surface area (Å²) < 4.78 is 10.4. The van der Waals surface area contributed by atoms with Crippen molar-refractivity contribution in [2.75, 3.05) is 6.54 Å². The van der Waals surface area contributed by atoms with Crippen molar-refractivity contribution >= 4 is 5.91 Å². The Balaban J connectivity index is 1.97. The quantitative estimate of drug-likeness (QED) is 0.919. The zero-order valence-electron chi connectivity index (χ0n) is 11.6. The van der Waals surface area contributed by atoms with Crippen LogP contribution in [-0.4, -0.2) is 17.6 Å². The molecule has 5 heteroatoms. The predicted molar refractivity (Wildman–Crippen MR) is 70.2 cm³/mol. The van der Waals surface area contributed by atoms with E-state index in [1.165, 1.54) is 0 Å². The summed E-state index contributed by atoms with van der Waals surface area (Å²) in [6, 6.07) is 3.44. The lowest BCUT2D eigenvalue weighted by atomic mass is 9.99. The molecule has 0 bridgehead atoms. The van der Waals surface area contributed by atoms with Crippen LogP contribution in [0.4, 0.5) is 0 Å². The van der Waals surface area contributed by atoms with Gasteiger partial charge in [-0.05, 0) is 32.9 Å². The van der Waals surface area contributed by atoms with Crippen molar-refractivity contribution < 1.29 is 13.7 Å². The Hall–Kier alpha value is -2.04. The maximum atomic E-state index is 11.9. The third kappa shape index (κ3) is 2.86. The van der Waals surface area contributed by atoms with E-state index in [-0.39, 0.29) is 11.8 Å². The van der Waals surface area contributed by atoms with Gasteiger partial charge in [-0.15, -0.1) is 0 Å². The van der Waals surface area contributed by atoms with Gasteiger partial charge in [0.2, 0.25) is 0 Å². The molecule has 2 aromatic rings. The SMILES string of the molecule is Cc1ccc(C(=O)NCC(C)c2c(C)noc2C)o1. The van der Waals surface area contributed by atoms with Crippen LogP contribution < -0.4 is 5.32 Å². The summed E-state index contributed by atoms with van der Waals surface area (Å²) in [7, 11) is 0. The van der Waals surface area contributed by atoms with Gasteiger partial charge in [-0.25, -0.2) is 0 Å². The van der Waals surface area contributed by atoms with Crippen LogP contribution >= 0.6 is 0 Å². The minimum absolute atomic E-state index is 0.145. The normalized spacial score (nSPS) is 12.4. The number of hydrogen-bond donors (Lipinski definition) is 1. The van der Waals surface area contributed by atoms with E-state index in [9.17, 15) is 4.79 Å². The molecule has 0 aliphatic rings. The second kappa shape index (κ2) is 5.30. The van der Waals surface area contributed by atoms with Crippen LogP contribution in [-0.2, 0) is 0 Å². The summed E-state index contributed by atoms with van der Waals surface area (Å²) in [5.41, 5.74) is 1.92. The molecule has 19 heavy (non-hydrogen) atoms. The molecule has 0 saturated heterocycles. The summed E-state index contributed by atoms with van der Waals surface area (Å²) in [6.07, 6.45) is 0. The molecular weight excluding hydrogens is 244 g/mol. The zero-order chi connectivity index (χ0) is 14.0. The largest absolute Gasteiger partial charge is 0.456 e. The van der Waals surface area contributed by atoms with Crippen LogP contribution in [0.15, 0.2) is 21.1 Å². The average Bonchev–Trinajstić information content (AvgIpc) is 2.93. The monoisotopic (exact) mass is 262 g/mol. The molecular formula is C14H18N2O3. The number of aromatic nitrogens is 1. The van der Waals surface area contributed by atoms with Crippen LogP contribution in [0.5, 0.6) is 0 Å². The highest BCUT2D eigenvalue weighted by atomic mass is 16.5. The van der Waals surface area contributed by atoms with Gasteiger partial charge in [0.25, 0.3) is 5.91 Å². The lowest BCUT2D eigenvalue weighted by molar-refractivity contribution is 0.0922. The Morgan fingerprint density at radius 2 is 2.11 bits per heavy atom. The van der Waals surface area contributed by atoms with Crippen molar-refractivity contribution in [3.63, 3.8) is 0 Å². The molecule has 1 unspecified atom stereocenters. The number of amides is 1. The first kappa shape index (κ1) is 13.4. The van der Waals surface area contributed by atoms with Gasteiger partial charge >= 0.3 is 0 Å². The molecule has 5 nitrogen and oxygen atoms in total. The van der Waals surface area contributed by atoms with Crippen molar-refractivity contribution in [3.05, 3.63) is 40.7 Å². The van der Waals surface area contributed by atoms with Gasteiger partial charge in [-0.1, -0.05) is 12.1 Å². The van der Waals surface area contributed by atoms with Gasteiger partial charge in [0, 0.05) is 18.0 Å². The van der Waals surface area contributed by atoms with Crippen LogP contribution in [0.25, 0.3) is 0 Å². The van der Waals surface area contributed by atoms with Crippen molar-refractivity contribution in [1.29, 1.82) is 0 Å². The molecule has 0 aromatic carbocycles. The van der Waals surface area contributed by atoms with Gasteiger partial charge in [0.05, 0.1) is 5.69 Å². The lowest BCUT2D eigenvalue weighted by Crippen LogP contribution is -2.27. The Bertz CT molecular complexity index is 564. The molecule has 0 aliphatic heterocycles. The number of nitrogens with one attached hydrogen (secondary N) is 1. The minimum atomic E-state index is -0.202. The maximum Gasteiger partial charge on any atom is 0.287 e. The number of nitrogens with zero attached hydrogens (tertiary/aromatic N) is 1. The predicted octanol–water partition coefficient (Wildman–Crippen LogP) is 2.73. The Kier molecular flexibility index (Phi) is 3.74. The standard InChI is InChI=1S/C14H18N2O3/c1-8(13-10(3)16-19-11(13)4)7-15-14(17)12-6-5-9(2)18-12/h5-6,8H,7H2,1-4H3,(H,15,17). The first-order valence-electron chi connectivity index (χ1n) is 6.26. The molecule has 102 valence electrons. The van der Waals surface area contributed by atoms with Gasteiger partial charge in [0.15, 0.2) is 5.76 Å². The molecule has 2 rings (SSSR count). The third-order valence-corrected chi connectivity index (χ3v) is 3.11. The second-order valence-corrected chi connectivity index (χ2v) is 4.76. The molecule has 0 spiro atoms. The van der Waals surface area contributed by atoms with Crippen molar-refractivity contribution in [1.82, 2.24) is 10.5 Å². The molecule has 2 heterocycles. The van der Waals surface area contributed by atoms with E-state index in [0.717, 1.165) is 22.8 Å². The van der Waals surface area contributed by atoms with Crippen LogP contribution in [0.3, 0.4) is 0 Å². The number of rotatable bonds is 4. The fraction of sp³-hybridized carbons (Fsp3) is 0.429. The van der Waals surface area contributed by atoms with E-state index in [2.05, 4.69) is 10.5 Å². The van der Waals surface area contributed by atoms with Crippen LogP contribution in [0.2, 0.25) is 0 Å². The maximum absolute atomic E-state index is 11.9. The summed E-state index contributed by atoms with van der Waals surface area (Å²) >= 11 is 0. The van der Waals surface area contributed by atoms with Gasteiger partial charge in [-0.2, -0.15) is 0 Å². The number of carbonyl (C=O) groups is 1. The van der Waals surface area contributed by atoms with E-state index in [1.807, 2.05) is 27.7 Å². The molecule has 1 N–H and O–H groups in total. The fourth-order valence-corrected chi connectivity index (χ4v) is 2.19. The average molecular weight is 262 g/mol. The van der Waals surface area contributed by atoms with E-state index >= 15 is 0 Å². The molecule has 0 radical (unpaired) electrons. The van der Waals surface area contributed by atoms with E-state index in [0.29, 0.717) is 12.3 Å². The summed E-state index contributed by atoms with van der Waals surface area (Å²) in [5.74, 6) is 1.80. The minimum Gasteiger partial charge on any atom is -0.456 e. The van der Waals surface area contributed by atoms with Gasteiger partial charge in [-0.3, -0.25) is 4.79 Å². The van der Waals surface area contributed by atoms with E-state index in [1.54, 1.807) is 12.1 Å². The van der Waals surface area contributed by atoms with Crippen LogP contribution in [0, 0.1) is 20.8 Å². The Labute approximate surface area is 112 Å². The molecule has 0 aliphatic carbocycles. The second-order valence-electron chi connectivity index (χ2n) is 4.76. The highest BCUT2D eigenvalue weighted by molar-refractivity contribution is 5.91. The smallest absolute Gasteiger partial charge is 0.287 e. The summed E-state index contributed by atoms with van der Waals surface area (Å²) in [4.78, 5) is 11.9. The van der Waals surface area contributed by atoms with Crippen LogP contribution in [0.1, 0.15) is 46.2 Å². The fourth-order valence-electron chi connectivity index (χ4n) is 2.19. The van der Waals surface area contributed by atoms with Crippen molar-refractivity contribution in [2.45, 2.75) is 33.6 Å². The van der Waals surface area contributed by atoms with E-state index < -0.39 is 0 Å². The van der Waals surface area contributed by atoms with Gasteiger partial charge in [0.1, 0.15) is 11.5 Å². The molecule has 2 aromatic heterocycles. The molecule has 1 amide bonds. The Morgan fingerprint density at radius 3 is 2.63 bits per heavy atom. The van der Waals surface area contributed by atoms with Crippen molar-refractivity contribution in [3.8, 4) is 0 Å². The number of carbonyl (C=O) groups excluding carboxylic acids is 1. The Morgan fingerprint density at radius 1 is 1.37 bits per heavy atom. The first-order valence-corrected chi connectivity index (χ1v) is 6.26. The molecule has 1 atom stereocenters. The third-order valence-electron chi connectivity index (χ3n) is 3.11. The highest BCUT2D eigenvalue weighted by Gasteiger charge is 2.18. The summed E-state index contributed by atoms with van der Waals surface area (Å²) in [6.45, 7) is 8.13. The van der Waals surface area contributed by atoms with Crippen molar-refractivity contribution in [2.24, 2.45) is 0 Å². The first-order chi connectivity index (χ1) is 8.99. The zero-order valence-corrected chi connectivity index (χ0v) is 11.6. The number of furan rings is 1. The number of aryl methyl sites for hydroxylation is 3. The topological polar surface area (TPSA) is 68.3 Å². The summed E-state index contributed by atoms with van der Waals surface area (Å²) in [5, 5.41) is 6.77. The van der Waals surface area contributed by atoms with Gasteiger partial charge < -0.3 is 14.3 Å². The molecule has 0 saturated carbocycles. The lowest BCUT2D eigenvalue weighted by Gasteiger charge is -2.11. The van der Waals surface area contributed by atoms with E-state index in [4.69, 9.17) is 8.94 Å². The highest BCUT2D eigenvalue weighted by Crippen LogP contribution is 2.22. The number of hydrogen-bond acceptors (Lipinski definition) is 4.